The van der Waals surface area contributed by atoms with Crippen molar-refractivity contribution in [2.24, 2.45) is 0 Å². The number of rotatable bonds is 13. The molecule has 2 heteroatoms. The minimum Gasteiger partial charge on any atom is -0.420 e. The van der Waals surface area contributed by atoms with E-state index in [0.29, 0.717) is 0 Å². The van der Waals surface area contributed by atoms with Crippen LogP contribution in [0.5, 0.6) is 0 Å². The van der Waals surface area contributed by atoms with E-state index in [1.54, 1.807) is 0 Å². The monoisotopic (exact) mass is 306 g/mol. The minimum absolute atomic E-state index is 0.911. The molecule has 1 aromatic rings. The molecule has 120 valence electrons. The van der Waals surface area contributed by atoms with E-state index in [1.165, 1.54) is 63.0 Å². The molecule has 0 spiro atoms. The fraction of sp³-hybridized carbons (Fsp3) is 0.684. The Hall–Kier alpha value is -0.603. The third-order valence-electron chi connectivity index (χ3n) is 4.10. The van der Waals surface area contributed by atoms with Crippen molar-refractivity contribution in [3.05, 3.63) is 35.9 Å². The molecule has 0 N–H and O–H groups in total. The van der Waals surface area contributed by atoms with Gasteiger partial charge in [0.2, 0.25) is 0 Å². The van der Waals surface area contributed by atoms with Gasteiger partial charge in [-0.05, 0) is 24.6 Å². The van der Waals surface area contributed by atoms with Gasteiger partial charge in [0, 0.05) is 6.61 Å². The average molecular weight is 307 g/mol. The zero-order valence-corrected chi connectivity index (χ0v) is 15.3. The largest absolute Gasteiger partial charge is 0.420 e. The van der Waals surface area contributed by atoms with Crippen molar-refractivity contribution in [3.8, 4) is 0 Å². The summed E-state index contributed by atoms with van der Waals surface area (Å²) in [4.78, 5) is 0. The second-order valence-corrected chi connectivity index (χ2v) is 8.71. The highest BCUT2D eigenvalue weighted by Gasteiger charge is 2.04. The Labute approximate surface area is 133 Å². The number of benzene rings is 1. The molecule has 1 nitrogen and oxygen atoms in total. The number of hydrogen-bond donors (Lipinski definition) is 0. The molecule has 0 radical (unpaired) electrons. The first-order valence-corrected chi connectivity index (χ1v) is 11.4. The SMILES string of the molecule is CCCCCCCCCC[SiH](C)OCCc1ccccc1. The van der Waals surface area contributed by atoms with Crippen molar-refractivity contribution in [3.63, 3.8) is 0 Å². The van der Waals surface area contributed by atoms with E-state index in [9.17, 15) is 0 Å². The summed E-state index contributed by atoms with van der Waals surface area (Å²) in [6.45, 7) is 5.55. The van der Waals surface area contributed by atoms with Crippen molar-refractivity contribution in [2.45, 2.75) is 77.3 Å². The van der Waals surface area contributed by atoms with Gasteiger partial charge in [-0.25, -0.2) is 0 Å². The van der Waals surface area contributed by atoms with Crippen LogP contribution in [0.15, 0.2) is 30.3 Å². The zero-order valence-electron chi connectivity index (χ0n) is 14.2. The summed E-state index contributed by atoms with van der Waals surface area (Å²) in [6, 6.07) is 12.0. The van der Waals surface area contributed by atoms with E-state index >= 15 is 0 Å². The average Bonchev–Trinajstić information content (AvgIpc) is 2.51. The zero-order chi connectivity index (χ0) is 15.2. The van der Waals surface area contributed by atoms with Gasteiger partial charge in [0.05, 0.1) is 0 Å². The van der Waals surface area contributed by atoms with Crippen LogP contribution in [0.25, 0.3) is 0 Å². The van der Waals surface area contributed by atoms with Crippen LogP contribution in [-0.4, -0.2) is 15.6 Å². The van der Waals surface area contributed by atoms with Crippen molar-refractivity contribution in [1.29, 1.82) is 0 Å². The van der Waals surface area contributed by atoms with Gasteiger partial charge in [0.25, 0.3) is 0 Å². The van der Waals surface area contributed by atoms with Gasteiger partial charge in [0.15, 0.2) is 9.04 Å². The highest BCUT2D eigenvalue weighted by atomic mass is 28.3. The van der Waals surface area contributed by atoms with Gasteiger partial charge >= 0.3 is 0 Å². The van der Waals surface area contributed by atoms with Crippen molar-refractivity contribution < 1.29 is 4.43 Å². The lowest BCUT2D eigenvalue weighted by Gasteiger charge is -2.11. The van der Waals surface area contributed by atoms with E-state index in [1.807, 2.05) is 0 Å². The summed E-state index contributed by atoms with van der Waals surface area (Å²) >= 11 is 0. The van der Waals surface area contributed by atoms with Crippen molar-refractivity contribution in [2.75, 3.05) is 6.61 Å². The predicted molar refractivity (Wildman–Crippen MR) is 96.5 cm³/mol. The number of unbranched alkanes of at least 4 members (excludes halogenated alkanes) is 7. The molecule has 0 aliphatic carbocycles. The van der Waals surface area contributed by atoms with E-state index in [2.05, 4.69) is 43.8 Å². The Morgan fingerprint density at radius 3 is 2.14 bits per heavy atom. The van der Waals surface area contributed by atoms with Crippen LogP contribution in [0.4, 0.5) is 0 Å². The number of hydrogen-bond acceptors (Lipinski definition) is 1. The van der Waals surface area contributed by atoms with Crippen LogP contribution in [0.1, 0.15) is 63.9 Å². The maximum absolute atomic E-state index is 6.04. The van der Waals surface area contributed by atoms with Gasteiger partial charge in [-0.3, -0.25) is 0 Å². The second-order valence-electron chi connectivity index (χ2n) is 6.18. The first-order chi connectivity index (χ1) is 10.3. The molecule has 0 amide bonds. The third-order valence-corrected chi connectivity index (χ3v) is 6.13. The van der Waals surface area contributed by atoms with Gasteiger partial charge < -0.3 is 4.43 Å². The summed E-state index contributed by atoms with van der Waals surface area (Å²) < 4.78 is 6.04. The molecule has 0 heterocycles. The Morgan fingerprint density at radius 2 is 1.48 bits per heavy atom. The first kappa shape index (κ1) is 18.4. The summed E-state index contributed by atoms with van der Waals surface area (Å²) in [5, 5.41) is 0. The molecule has 1 unspecified atom stereocenters. The summed E-state index contributed by atoms with van der Waals surface area (Å²) in [5.74, 6) is 0. The third kappa shape index (κ3) is 10.7. The predicted octanol–water partition coefficient (Wildman–Crippen LogP) is 5.74. The van der Waals surface area contributed by atoms with Crippen LogP contribution in [-0.2, 0) is 10.8 Å². The van der Waals surface area contributed by atoms with E-state index in [-0.39, 0.29) is 0 Å². The van der Waals surface area contributed by atoms with Crippen LogP contribution < -0.4 is 0 Å². The van der Waals surface area contributed by atoms with E-state index < -0.39 is 9.04 Å². The lowest BCUT2D eigenvalue weighted by Crippen LogP contribution is -2.15. The van der Waals surface area contributed by atoms with Crippen LogP contribution in [0, 0.1) is 0 Å². The summed E-state index contributed by atoms with van der Waals surface area (Å²) in [6.07, 6.45) is 12.4. The van der Waals surface area contributed by atoms with Crippen molar-refractivity contribution >= 4 is 9.04 Å². The summed E-state index contributed by atoms with van der Waals surface area (Å²) in [5.41, 5.74) is 1.39. The lowest BCUT2D eigenvalue weighted by atomic mass is 10.1. The summed E-state index contributed by atoms with van der Waals surface area (Å²) in [7, 11) is -0.913. The Balaban J connectivity index is 1.88. The Morgan fingerprint density at radius 1 is 0.857 bits per heavy atom. The molecule has 0 aromatic heterocycles. The first-order valence-electron chi connectivity index (χ1n) is 8.98. The topological polar surface area (TPSA) is 9.23 Å². The Kier molecular flexibility index (Phi) is 11.5. The molecule has 0 aliphatic rings. The maximum Gasteiger partial charge on any atom is 0.173 e. The molecular formula is C19H34OSi. The smallest absolute Gasteiger partial charge is 0.173 e. The molecular weight excluding hydrogens is 272 g/mol. The van der Waals surface area contributed by atoms with Crippen molar-refractivity contribution in [1.82, 2.24) is 0 Å². The molecule has 21 heavy (non-hydrogen) atoms. The maximum atomic E-state index is 6.04. The van der Waals surface area contributed by atoms with Crippen LogP contribution >= 0.6 is 0 Å². The molecule has 0 bridgehead atoms. The van der Waals surface area contributed by atoms with Gasteiger partial charge in [-0.2, -0.15) is 0 Å². The van der Waals surface area contributed by atoms with Crippen LogP contribution in [0.2, 0.25) is 12.6 Å². The minimum atomic E-state index is -0.913. The molecule has 1 rings (SSSR count). The molecule has 0 fully saturated rings. The Bertz CT molecular complexity index is 326. The molecule has 1 atom stereocenters. The van der Waals surface area contributed by atoms with Crippen LogP contribution in [0.3, 0.4) is 0 Å². The highest BCUT2D eigenvalue weighted by Crippen LogP contribution is 2.11. The quantitative estimate of drug-likeness (QED) is 0.333. The fourth-order valence-corrected chi connectivity index (χ4v) is 4.22. The molecule has 0 saturated carbocycles. The standard InChI is InChI=1S/C19H34OSi/c1-3-4-5-6-7-8-9-13-18-21(2)20-17-16-19-14-11-10-12-15-19/h10-12,14-15,21H,3-9,13,16-18H2,1-2H3. The van der Waals surface area contributed by atoms with E-state index in [0.717, 1.165) is 13.0 Å². The highest BCUT2D eigenvalue weighted by molar-refractivity contribution is 6.50. The fourth-order valence-electron chi connectivity index (χ4n) is 2.67. The van der Waals surface area contributed by atoms with Gasteiger partial charge in [-0.15, -0.1) is 0 Å². The van der Waals surface area contributed by atoms with Gasteiger partial charge in [0.1, 0.15) is 0 Å². The second kappa shape index (κ2) is 13.1. The lowest BCUT2D eigenvalue weighted by molar-refractivity contribution is 0.325. The molecule has 1 aromatic carbocycles. The normalized spacial score (nSPS) is 12.5. The molecule has 0 aliphatic heterocycles. The van der Waals surface area contributed by atoms with E-state index in [4.69, 9.17) is 4.43 Å². The molecule has 0 saturated heterocycles. The van der Waals surface area contributed by atoms with Gasteiger partial charge in [-0.1, -0.05) is 88.6 Å².